The largest absolute Gasteiger partial charge is 0.495 e. The van der Waals surface area contributed by atoms with Gasteiger partial charge in [-0.05, 0) is 37.3 Å². The van der Waals surface area contributed by atoms with Crippen molar-refractivity contribution in [1.82, 2.24) is 9.88 Å². The summed E-state index contributed by atoms with van der Waals surface area (Å²) in [6.07, 6.45) is -0.559. The van der Waals surface area contributed by atoms with Gasteiger partial charge in [0, 0.05) is 24.7 Å². The Hall–Kier alpha value is -2.52. The SMILES string of the molecule is CCN(C)C(=O)Oc1csc(N(C(=O)c2ccc(Cl)cc2Cl)c2ccc(Cl)c(OC)c2)n1. The number of aromatic nitrogens is 1. The summed E-state index contributed by atoms with van der Waals surface area (Å²) in [6, 6.07) is 9.41. The molecular formula is C21H18Cl3N3O4S. The smallest absolute Gasteiger partial charge is 0.416 e. The van der Waals surface area contributed by atoms with Gasteiger partial charge in [0.1, 0.15) is 5.75 Å². The van der Waals surface area contributed by atoms with Gasteiger partial charge in [-0.1, -0.05) is 34.8 Å². The number of methoxy groups -OCH3 is 1. The molecule has 3 rings (SSSR count). The van der Waals surface area contributed by atoms with Crippen LogP contribution < -0.4 is 14.4 Å². The predicted molar refractivity (Wildman–Crippen MR) is 127 cm³/mol. The lowest BCUT2D eigenvalue weighted by Crippen LogP contribution is -2.29. The van der Waals surface area contributed by atoms with Crippen molar-refractivity contribution in [2.75, 3.05) is 25.6 Å². The van der Waals surface area contributed by atoms with E-state index in [1.165, 1.54) is 34.4 Å². The fourth-order valence-corrected chi connectivity index (χ4v) is 4.01. The summed E-state index contributed by atoms with van der Waals surface area (Å²) >= 11 is 19.5. The van der Waals surface area contributed by atoms with E-state index >= 15 is 0 Å². The van der Waals surface area contributed by atoms with Crippen LogP contribution >= 0.6 is 46.1 Å². The molecular weight excluding hydrogens is 497 g/mol. The number of ether oxygens (including phenoxy) is 2. The number of amides is 2. The summed E-state index contributed by atoms with van der Waals surface area (Å²) in [5, 5.41) is 2.75. The summed E-state index contributed by atoms with van der Waals surface area (Å²) in [7, 11) is 3.08. The number of carbonyl (C=O) groups is 2. The molecule has 0 bridgehead atoms. The van der Waals surface area contributed by atoms with Gasteiger partial charge in [-0.15, -0.1) is 11.3 Å². The van der Waals surface area contributed by atoms with E-state index in [4.69, 9.17) is 44.3 Å². The number of carbonyl (C=O) groups excluding carboxylic acids is 2. The van der Waals surface area contributed by atoms with Crippen molar-refractivity contribution in [3.05, 3.63) is 62.4 Å². The zero-order valence-corrected chi connectivity index (χ0v) is 20.3. The van der Waals surface area contributed by atoms with Gasteiger partial charge in [-0.3, -0.25) is 9.69 Å². The molecule has 0 aliphatic rings. The fourth-order valence-electron chi connectivity index (χ4n) is 2.58. The zero-order valence-electron chi connectivity index (χ0n) is 17.3. The van der Waals surface area contributed by atoms with Crippen LogP contribution in [0.1, 0.15) is 17.3 Å². The van der Waals surface area contributed by atoms with Crippen molar-refractivity contribution < 1.29 is 19.1 Å². The fraction of sp³-hybridized carbons (Fsp3) is 0.190. The molecule has 0 saturated heterocycles. The Morgan fingerprint density at radius 1 is 1.09 bits per heavy atom. The molecule has 2 amide bonds. The Balaban J connectivity index is 2.05. The molecule has 0 spiro atoms. The molecule has 0 aliphatic heterocycles. The monoisotopic (exact) mass is 513 g/mol. The molecule has 0 saturated carbocycles. The molecule has 0 unspecified atom stereocenters. The lowest BCUT2D eigenvalue weighted by atomic mass is 10.2. The van der Waals surface area contributed by atoms with Gasteiger partial charge in [0.25, 0.3) is 5.91 Å². The lowest BCUT2D eigenvalue weighted by molar-refractivity contribution is 0.0999. The summed E-state index contributed by atoms with van der Waals surface area (Å²) in [5.74, 6) is -0.0258. The number of hydrogen-bond acceptors (Lipinski definition) is 6. The molecule has 7 nitrogen and oxygen atoms in total. The van der Waals surface area contributed by atoms with Crippen LogP contribution in [0.3, 0.4) is 0 Å². The van der Waals surface area contributed by atoms with Gasteiger partial charge in [0.05, 0.1) is 33.8 Å². The Labute approximate surface area is 204 Å². The summed E-state index contributed by atoms with van der Waals surface area (Å²) < 4.78 is 10.6. The van der Waals surface area contributed by atoms with E-state index in [2.05, 4.69) is 4.98 Å². The molecule has 3 aromatic rings. The van der Waals surface area contributed by atoms with Gasteiger partial charge in [-0.2, -0.15) is 4.98 Å². The number of thiazole rings is 1. The van der Waals surface area contributed by atoms with Gasteiger partial charge in [0.15, 0.2) is 0 Å². The van der Waals surface area contributed by atoms with Gasteiger partial charge < -0.3 is 14.4 Å². The maximum absolute atomic E-state index is 13.5. The number of benzene rings is 2. The topological polar surface area (TPSA) is 72.0 Å². The first-order valence-electron chi connectivity index (χ1n) is 9.26. The normalized spacial score (nSPS) is 10.6. The quantitative estimate of drug-likeness (QED) is 0.373. The second-order valence-corrected chi connectivity index (χ2v) is 8.52. The first kappa shape index (κ1) is 24.1. The minimum absolute atomic E-state index is 0.0660. The van der Waals surface area contributed by atoms with E-state index in [-0.39, 0.29) is 21.6 Å². The van der Waals surface area contributed by atoms with Crippen LogP contribution in [-0.4, -0.2) is 42.6 Å². The summed E-state index contributed by atoms with van der Waals surface area (Å²) in [5.41, 5.74) is 0.643. The lowest BCUT2D eigenvalue weighted by Gasteiger charge is -2.21. The first-order chi connectivity index (χ1) is 15.2. The number of hydrogen-bond donors (Lipinski definition) is 0. The number of halogens is 3. The minimum atomic E-state index is -0.559. The van der Waals surface area contributed by atoms with Crippen molar-refractivity contribution in [1.29, 1.82) is 0 Å². The Bertz CT molecular complexity index is 1160. The molecule has 2 aromatic carbocycles. The minimum Gasteiger partial charge on any atom is -0.495 e. The van der Waals surface area contributed by atoms with Gasteiger partial charge in [0.2, 0.25) is 11.0 Å². The highest BCUT2D eigenvalue weighted by Crippen LogP contribution is 2.37. The number of anilines is 2. The summed E-state index contributed by atoms with van der Waals surface area (Å²) in [4.78, 5) is 32.6. The molecule has 0 radical (unpaired) electrons. The average molecular weight is 515 g/mol. The molecule has 0 aliphatic carbocycles. The van der Waals surface area contributed by atoms with Gasteiger partial charge in [-0.25, -0.2) is 4.79 Å². The van der Waals surface area contributed by atoms with Crippen LogP contribution in [0.25, 0.3) is 0 Å². The van der Waals surface area contributed by atoms with Crippen molar-refractivity contribution in [3.8, 4) is 11.6 Å². The molecule has 0 fully saturated rings. The van der Waals surface area contributed by atoms with E-state index in [1.807, 2.05) is 6.92 Å². The van der Waals surface area contributed by atoms with Crippen molar-refractivity contribution in [3.63, 3.8) is 0 Å². The van der Waals surface area contributed by atoms with E-state index in [1.54, 1.807) is 31.3 Å². The molecule has 1 heterocycles. The van der Waals surface area contributed by atoms with Crippen LogP contribution in [-0.2, 0) is 0 Å². The van der Waals surface area contributed by atoms with E-state index in [0.29, 0.717) is 28.0 Å². The van der Waals surface area contributed by atoms with Crippen molar-refractivity contribution in [2.24, 2.45) is 0 Å². The molecule has 0 atom stereocenters. The third-order valence-corrected chi connectivity index (χ3v) is 6.06. The number of rotatable bonds is 6. The highest BCUT2D eigenvalue weighted by molar-refractivity contribution is 7.14. The van der Waals surface area contributed by atoms with E-state index in [0.717, 1.165) is 11.3 Å². The Morgan fingerprint density at radius 3 is 2.50 bits per heavy atom. The zero-order chi connectivity index (χ0) is 23.4. The van der Waals surface area contributed by atoms with Crippen LogP contribution in [0.5, 0.6) is 11.6 Å². The highest BCUT2D eigenvalue weighted by Gasteiger charge is 2.26. The molecule has 168 valence electrons. The maximum Gasteiger partial charge on any atom is 0.416 e. The second kappa shape index (κ2) is 10.4. The average Bonchev–Trinajstić information content (AvgIpc) is 3.21. The van der Waals surface area contributed by atoms with E-state index < -0.39 is 12.0 Å². The van der Waals surface area contributed by atoms with Crippen molar-refractivity contribution in [2.45, 2.75) is 6.92 Å². The van der Waals surface area contributed by atoms with E-state index in [9.17, 15) is 9.59 Å². The maximum atomic E-state index is 13.5. The van der Waals surface area contributed by atoms with Crippen molar-refractivity contribution >= 4 is 69.0 Å². The third kappa shape index (κ3) is 5.27. The van der Waals surface area contributed by atoms with Gasteiger partial charge >= 0.3 is 6.09 Å². The van der Waals surface area contributed by atoms with Crippen LogP contribution in [0.15, 0.2) is 41.8 Å². The Morgan fingerprint density at radius 2 is 1.84 bits per heavy atom. The molecule has 1 aromatic heterocycles. The number of nitrogens with zero attached hydrogens (tertiary/aromatic N) is 3. The second-order valence-electron chi connectivity index (χ2n) is 6.43. The molecule has 32 heavy (non-hydrogen) atoms. The first-order valence-corrected chi connectivity index (χ1v) is 11.3. The predicted octanol–water partition coefficient (Wildman–Crippen LogP) is 6.54. The molecule has 0 N–H and O–H groups in total. The van der Waals surface area contributed by atoms with Crippen LogP contribution in [0, 0.1) is 0 Å². The third-order valence-electron chi connectivity index (χ3n) is 4.40. The van der Waals surface area contributed by atoms with Crippen LogP contribution in [0.4, 0.5) is 15.6 Å². The summed E-state index contributed by atoms with van der Waals surface area (Å²) in [6.45, 7) is 2.29. The standard InChI is InChI=1S/C21H18Cl3N3O4S/c1-4-26(2)21(29)31-18-11-32-20(25-18)27(13-6-8-15(23)17(10-13)30-3)19(28)14-7-5-12(22)9-16(14)24/h5-11H,4H2,1-3H3. The Kier molecular flexibility index (Phi) is 7.84. The highest BCUT2D eigenvalue weighted by atomic mass is 35.5. The molecule has 11 heteroatoms. The van der Waals surface area contributed by atoms with Crippen LogP contribution in [0.2, 0.25) is 15.1 Å².